The number of hydrogen-bond donors (Lipinski definition) is 0. The van der Waals surface area contributed by atoms with E-state index in [9.17, 15) is 4.79 Å². The van der Waals surface area contributed by atoms with Crippen LogP contribution >= 0.6 is 11.8 Å². The Labute approximate surface area is 81.3 Å². The topological polar surface area (TPSA) is 26.3 Å². The van der Waals surface area contributed by atoms with Crippen molar-refractivity contribution < 1.29 is 9.53 Å². The van der Waals surface area contributed by atoms with E-state index in [-0.39, 0.29) is 11.2 Å². The zero-order valence-corrected chi connectivity index (χ0v) is 8.14. The minimum atomic E-state index is -0.134. The van der Waals surface area contributed by atoms with Crippen LogP contribution < -0.4 is 0 Å². The van der Waals surface area contributed by atoms with Crippen LogP contribution in [-0.2, 0) is 9.53 Å². The number of thioether (sulfide) groups is 1. The van der Waals surface area contributed by atoms with Gasteiger partial charge in [0.2, 0.25) is 0 Å². The SMILES string of the molecule is CCOC(=O)C1SC=C2C=CC=C21. The number of esters is 1. The summed E-state index contributed by atoms with van der Waals surface area (Å²) in [6.07, 6.45) is 5.96. The van der Waals surface area contributed by atoms with Crippen LogP contribution in [0.25, 0.3) is 0 Å². The first-order valence-corrected chi connectivity index (χ1v) is 5.18. The van der Waals surface area contributed by atoms with E-state index in [0.29, 0.717) is 6.61 Å². The van der Waals surface area contributed by atoms with E-state index in [4.69, 9.17) is 4.74 Å². The average molecular weight is 194 g/mol. The molecule has 1 atom stereocenters. The fourth-order valence-corrected chi connectivity index (χ4v) is 2.45. The molecule has 0 saturated heterocycles. The first-order chi connectivity index (χ1) is 6.33. The van der Waals surface area contributed by atoms with E-state index in [1.807, 2.05) is 30.6 Å². The molecule has 0 spiro atoms. The standard InChI is InChI=1S/C10H10O2S/c1-2-12-10(11)9-8-5-3-4-7(8)6-13-9/h3-6,9H,2H2,1H3. The van der Waals surface area contributed by atoms with Gasteiger partial charge in [-0.25, -0.2) is 0 Å². The lowest BCUT2D eigenvalue weighted by molar-refractivity contribution is -0.141. The summed E-state index contributed by atoms with van der Waals surface area (Å²) in [6, 6.07) is 0. The second-order valence-corrected chi connectivity index (χ2v) is 3.80. The van der Waals surface area contributed by atoms with Gasteiger partial charge in [0.1, 0.15) is 5.25 Å². The molecular formula is C10H10O2S. The monoisotopic (exact) mass is 194 g/mol. The lowest BCUT2D eigenvalue weighted by Gasteiger charge is -2.09. The Morgan fingerprint density at radius 2 is 2.54 bits per heavy atom. The first-order valence-electron chi connectivity index (χ1n) is 4.24. The van der Waals surface area contributed by atoms with Crippen molar-refractivity contribution in [2.75, 3.05) is 6.61 Å². The van der Waals surface area contributed by atoms with Gasteiger partial charge in [-0.1, -0.05) is 18.2 Å². The molecule has 0 bridgehead atoms. The Kier molecular flexibility index (Phi) is 2.27. The number of ether oxygens (including phenoxy) is 1. The molecule has 68 valence electrons. The summed E-state index contributed by atoms with van der Waals surface area (Å²) in [6.45, 7) is 2.28. The van der Waals surface area contributed by atoms with Gasteiger partial charge in [0, 0.05) is 0 Å². The Morgan fingerprint density at radius 1 is 1.69 bits per heavy atom. The third-order valence-corrected chi connectivity index (χ3v) is 3.11. The van der Waals surface area contributed by atoms with Gasteiger partial charge in [0.05, 0.1) is 6.61 Å². The van der Waals surface area contributed by atoms with Crippen molar-refractivity contribution in [2.45, 2.75) is 12.2 Å². The second kappa shape index (κ2) is 3.42. The molecule has 0 radical (unpaired) electrons. The summed E-state index contributed by atoms with van der Waals surface area (Å²) in [5.74, 6) is -0.131. The summed E-state index contributed by atoms with van der Waals surface area (Å²) in [5, 5.41) is 1.88. The smallest absolute Gasteiger partial charge is 0.323 e. The molecule has 2 aliphatic rings. The zero-order valence-electron chi connectivity index (χ0n) is 7.32. The molecule has 3 heteroatoms. The van der Waals surface area contributed by atoms with Crippen LogP contribution in [0, 0.1) is 0 Å². The lowest BCUT2D eigenvalue weighted by Crippen LogP contribution is -2.19. The summed E-state index contributed by atoms with van der Waals surface area (Å²) in [5.41, 5.74) is 2.24. The number of allylic oxidation sites excluding steroid dienone is 4. The van der Waals surface area contributed by atoms with Crippen molar-refractivity contribution in [3.8, 4) is 0 Å². The molecule has 1 aliphatic carbocycles. The molecule has 0 aromatic carbocycles. The fourth-order valence-electron chi connectivity index (χ4n) is 1.41. The minimum absolute atomic E-state index is 0.131. The third kappa shape index (κ3) is 1.44. The maximum Gasteiger partial charge on any atom is 0.323 e. The highest BCUT2D eigenvalue weighted by Crippen LogP contribution is 2.39. The molecule has 2 nitrogen and oxygen atoms in total. The lowest BCUT2D eigenvalue weighted by atomic mass is 10.1. The Morgan fingerprint density at radius 3 is 3.31 bits per heavy atom. The Balaban J connectivity index is 2.10. The van der Waals surface area contributed by atoms with Crippen molar-refractivity contribution in [3.05, 3.63) is 34.8 Å². The molecule has 0 fully saturated rings. The highest BCUT2D eigenvalue weighted by Gasteiger charge is 2.31. The number of fused-ring (bicyclic) bond motifs is 1. The van der Waals surface area contributed by atoms with Crippen LogP contribution in [0.5, 0.6) is 0 Å². The molecule has 0 aromatic heterocycles. The number of carbonyl (C=O) groups is 1. The normalized spacial score (nSPS) is 23.9. The summed E-state index contributed by atoms with van der Waals surface area (Å²) < 4.78 is 4.97. The molecule has 1 heterocycles. The largest absolute Gasteiger partial charge is 0.465 e. The van der Waals surface area contributed by atoms with Crippen LogP contribution in [0.15, 0.2) is 34.8 Å². The van der Waals surface area contributed by atoms with Gasteiger partial charge in [-0.05, 0) is 23.5 Å². The Hall–Kier alpha value is -0.960. The van der Waals surface area contributed by atoms with Crippen molar-refractivity contribution >= 4 is 17.7 Å². The maximum atomic E-state index is 11.4. The Bertz CT molecular complexity index is 326. The fraction of sp³-hybridized carbons (Fsp3) is 0.300. The second-order valence-electron chi connectivity index (χ2n) is 2.82. The van der Waals surface area contributed by atoms with E-state index in [1.165, 1.54) is 11.8 Å². The van der Waals surface area contributed by atoms with Crippen molar-refractivity contribution in [1.82, 2.24) is 0 Å². The van der Waals surface area contributed by atoms with Gasteiger partial charge in [-0.3, -0.25) is 4.79 Å². The highest BCUT2D eigenvalue weighted by atomic mass is 32.2. The third-order valence-electron chi connectivity index (χ3n) is 2.00. The number of carbonyl (C=O) groups excluding carboxylic acids is 1. The number of hydrogen-bond acceptors (Lipinski definition) is 3. The van der Waals surface area contributed by atoms with Crippen molar-refractivity contribution in [2.24, 2.45) is 0 Å². The number of rotatable bonds is 2. The van der Waals surface area contributed by atoms with E-state index >= 15 is 0 Å². The summed E-state index contributed by atoms with van der Waals surface area (Å²) >= 11 is 1.53. The van der Waals surface area contributed by atoms with Crippen LogP contribution in [-0.4, -0.2) is 17.8 Å². The van der Waals surface area contributed by atoms with Crippen LogP contribution in [0.3, 0.4) is 0 Å². The molecule has 0 aromatic rings. The van der Waals surface area contributed by atoms with Crippen LogP contribution in [0.1, 0.15) is 6.92 Å². The zero-order chi connectivity index (χ0) is 9.26. The van der Waals surface area contributed by atoms with E-state index < -0.39 is 0 Å². The van der Waals surface area contributed by atoms with Gasteiger partial charge in [-0.15, -0.1) is 11.8 Å². The van der Waals surface area contributed by atoms with E-state index in [0.717, 1.165) is 11.1 Å². The summed E-state index contributed by atoms with van der Waals surface area (Å²) in [4.78, 5) is 11.4. The maximum absolute atomic E-state index is 11.4. The van der Waals surface area contributed by atoms with Gasteiger partial charge < -0.3 is 4.74 Å². The first kappa shape index (κ1) is 8.63. The molecule has 1 unspecified atom stereocenters. The van der Waals surface area contributed by atoms with Crippen molar-refractivity contribution in [3.63, 3.8) is 0 Å². The predicted molar refractivity (Wildman–Crippen MR) is 53.3 cm³/mol. The molecule has 2 rings (SSSR count). The van der Waals surface area contributed by atoms with Gasteiger partial charge in [0.15, 0.2) is 0 Å². The van der Waals surface area contributed by atoms with Crippen LogP contribution in [0.4, 0.5) is 0 Å². The molecule has 13 heavy (non-hydrogen) atoms. The highest BCUT2D eigenvalue weighted by molar-refractivity contribution is 8.04. The van der Waals surface area contributed by atoms with Gasteiger partial charge in [0.25, 0.3) is 0 Å². The molecule has 1 aliphatic heterocycles. The van der Waals surface area contributed by atoms with Gasteiger partial charge >= 0.3 is 5.97 Å². The van der Waals surface area contributed by atoms with E-state index in [2.05, 4.69) is 0 Å². The average Bonchev–Trinajstić information content (AvgIpc) is 2.62. The molecule has 0 N–H and O–H groups in total. The molecule has 0 amide bonds. The van der Waals surface area contributed by atoms with Crippen LogP contribution in [0.2, 0.25) is 0 Å². The molecular weight excluding hydrogens is 184 g/mol. The predicted octanol–water partition coefficient (Wildman–Crippen LogP) is 2.04. The summed E-state index contributed by atoms with van der Waals surface area (Å²) in [7, 11) is 0. The van der Waals surface area contributed by atoms with Gasteiger partial charge in [-0.2, -0.15) is 0 Å². The molecule has 0 saturated carbocycles. The quantitative estimate of drug-likeness (QED) is 0.629. The van der Waals surface area contributed by atoms with Crippen molar-refractivity contribution in [1.29, 1.82) is 0 Å². The minimum Gasteiger partial charge on any atom is -0.465 e. The van der Waals surface area contributed by atoms with E-state index in [1.54, 1.807) is 0 Å².